The Morgan fingerprint density at radius 1 is 0.574 bits per heavy atom. The van der Waals surface area contributed by atoms with Gasteiger partial charge in [0.2, 0.25) is 11.0 Å². The van der Waals surface area contributed by atoms with Gasteiger partial charge in [0, 0.05) is 70.5 Å². The molecule has 0 aliphatic carbocycles. The van der Waals surface area contributed by atoms with E-state index in [1.54, 1.807) is 36.4 Å². The second-order valence-electron chi connectivity index (χ2n) is 14.2. The minimum atomic E-state index is -4.27. The van der Waals surface area contributed by atoms with Gasteiger partial charge in [0.15, 0.2) is 12.4 Å². The number of hydrogen-bond acceptors (Lipinski definition) is 9. The molecule has 0 saturated heterocycles. The standard InChI is InChI=1S/C32H31N5O2.2C7H8O3S/c1-3-15-36-17-5-7-22-9-12-25(20-29(22)36)34-31(38)24-11-14-27(28(33)19-24)32(39)35-26-13-10-23-8-6-18-37(16-4-2)30(23)21-26;2*1-6-2-4-7(5-3-6)11(8,9)10/h5-14,17-21H,3-4,15-16H2,1-2H3,(H2,33,39);2*2-5H,1H3,(H,8,9,10). The molecule has 2 amide bonds. The Labute approximate surface area is 356 Å². The van der Waals surface area contributed by atoms with Gasteiger partial charge < -0.3 is 25.5 Å². The molecule has 0 aliphatic heterocycles. The van der Waals surface area contributed by atoms with Gasteiger partial charge in [-0.1, -0.05) is 49.2 Å². The van der Waals surface area contributed by atoms with Crippen LogP contribution in [0.25, 0.3) is 21.8 Å². The Bertz CT molecular complexity index is 2830. The van der Waals surface area contributed by atoms with Crippen LogP contribution in [-0.2, 0) is 33.3 Å². The molecule has 4 N–H and O–H groups in total. The van der Waals surface area contributed by atoms with Crippen molar-refractivity contribution in [3.8, 4) is 0 Å². The van der Waals surface area contributed by atoms with Crippen molar-refractivity contribution in [1.82, 2.24) is 0 Å². The third kappa shape index (κ3) is 12.5. The number of nitrogens with two attached hydrogens (primary N) is 1. The Morgan fingerprint density at radius 3 is 1.39 bits per heavy atom. The molecule has 7 rings (SSSR count). The van der Waals surface area contributed by atoms with Crippen LogP contribution in [0.1, 0.15) is 58.5 Å². The molecule has 15 heteroatoms. The maximum atomic E-state index is 13.1. The zero-order chi connectivity index (χ0) is 44.3. The smallest absolute Gasteiger partial charge is 0.257 e. The lowest BCUT2D eigenvalue weighted by Gasteiger charge is -2.11. The van der Waals surface area contributed by atoms with E-state index < -0.39 is 20.2 Å². The summed E-state index contributed by atoms with van der Waals surface area (Å²) < 4.78 is 66.7. The van der Waals surface area contributed by atoms with Crippen LogP contribution in [0, 0.1) is 13.8 Å². The summed E-state index contributed by atoms with van der Waals surface area (Å²) >= 11 is 0. The molecule has 0 atom stereocenters. The molecule has 7 aromatic rings. The number of nitrogens with zero attached hydrogens (tertiary/aromatic N) is 2. The first-order chi connectivity index (χ1) is 29.0. The van der Waals surface area contributed by atoms with Gasteiger partial charge in [0.25, 0.3) is 11.8 Å². The summed E-state index contributed by atoms with van der Waals surface area (Å²) in [7, 11) is -8.54. The van der Waals surface area contributed by atoms with Crippen LogP contribution < -0.4 is 25.5 Å². The lowest BCUT2D eigenvalue weighted by Crippen LogP contribution is -2.33. The first-order valence-electron chi connectivity index (χ1n) is 19.4. The third-order valence-corrected chi connectivity index (χ3v) is 11.1. The van der Waals surface area contributed by atoms with Gasteiger partial charge in [-0.05, 0) is 92.7 Å². The van der Waals surface area contributed by atoms with E-state index in [1.165, 1.54) is 30.3 Å². The van der Waals surface area contributed by atoms with Crippen molar-refractivity contribution in [3.63, 3.8) is 0 Å². The van der Waals surface area contributed by atoms with E-state index in [2.05, 4.69) is 45.7 Å². The Balaban J connectivity index is 0.000000259. The second kappa shape index (κ2) is 20.2. The van der Waals surface area contributed by atoms with Crippen molar-refractivity contribution in [3.05, 3.63) is 162 Å². The number of fused-ring (bicyclic) bond motifs is 2. The van der Waals surface area contributed by atoms with Gasteiger partial charge in [0.1, 0.15) is 33.3 Å². The van der Waals surface area contributed by atoms with Crippen LogP contribution in [0.5, 0.6) is 0 Å². The van der Waals surface area contributed by atoms with E-state index in [9.17, 15) is 35.5 Å². The summed E-state index contributed by atoms with van der Waals surface area (Å²) in [5.74, 6) is -0.618. The van der Waals surface area contributed by atoms with Crippen LogP contribution in [0.3, 0.4) is 0 Å². The molecule has 316 valence electrons. The largest absolute Gasteiger partial charge is 0.744 e. The van der Waals surface area contributed by atoms with Crippen molar-refractivity contribution in [2.24, 2.45) is 0 Å². The van der Waals surface area contributed by atoms with Crippen LogP contribution in [-0.4, -0.2) is 37.8 Å². The molecule has 0 bridgehead atoms. The van der Waals surface area contributed by atoms with Crippen molar-refractivity contribution in [2.45, 2.75) is 63.4 Å². The molecule has 5 aromatic carbocycles. The van der Waals surface area contributed by atoms with E-state index in [-0.39, 0.29) is 27.3 Å². The number of nitrogen functional groups attached to an aromatic ring is 1. The molecule has 2 aromatic heterocycles. The Hall–Kier alpha value is -6.52. The number of hydrogen-bond donors (Lipinski definition) is 3. The lowest BCUT2D eigenvalue weighted by atomic mass is 10.1. The van der Waals surface area contributed by atoms with E-state index in [1.807, 2.05) is 74.8 Å². The number of anilines is 3. The number of carbonyl (C=O) groups excluding carboxylic acids is 2. The van der Waals surface area contributed by atoms with Crippen molar-refractivity contribution >= 4 is 70.9 Å². The molecule has 61 heavy (non-hydrogen) atoms. The second-order valence-corrected chi connectivity index (χ2v) is 17.0. The van der Waals surface area contributed by atoms with Gasteiger partial charge in [-0.3, -0.25) is 9.59 Å². The highest BCUT2D eigenvalue weighted by Gasteiger charge is 2.17. The molecule has 0 aliphatic rings. The number of nitrogens with one attached hydrogen (secondary N) is 2. The summed E-state index contributed by atoms with van der Waals surface area (Å²) in [6.07, 6.45) is 6.11. The van der Waals surface area contributed by atoms with Gasteiger partial charge in [-0.15, -0.1) is 0 Å². The molecule has 0 saturated carbocycles. The maximum absolute atomic E-state index is 13.1. The lowest BCUT2D eigenvalue weighted by molar-refractivity contribution is -0.671. The van der Waals surface area contributed by atoms with E-state index in [0.717, 1.165) is 58.9 Å². The molecule has 2 heterocycles. The monoisotopic (exact) mass is 861 g/mol. The van der Waals surface area contributed by atoms with E-state index in [0.29, 0.717) is 22.5 Å². The molecular formula is C46H47N5O8S2. The minimum Gasteiger partial charge on any atom is -0.744 e. The number of rotatable bonds is 10. The van der Waals surface area contributed by atoms with Crippen LogP contribution in [0.15, 0.2) is 150 Å². The molecule has 0 spiro atoms. The fourth-order valence-electron chi connectivity index (χ4n) is 6.28. The molecule has 0 radical (unpaired) electrons. The minimum absolute atomic E-state index is 0.178. The zero-order valence-corrected chi connectivity index (χ0v) is 35.8. The molecule has 13 nitrogen and oxygen atoms in total. The topological polar surface area (TPSA) is 206 Å². The first-order valence-corrected chi connectivity index (χ1v) is 22.2. The van der Waals surface area contributed by atoms with Crippen LogP contribution in [0.2, 0.25) is 0 Å². The number of carbonyl (C=O) groups is 2. The van der Waals surface area contributed by atoms with Crippen molar-refractivity contribution < 1.29 is 44.7 Å². The van der Waals surface area contributed by atoms with E-state index >= 15 is 0 Å². The summed E-state index contributed by atoms with van der Waals surface area (Å²) in [6.45, 7) is 9.70. The zero-order valence-electron chi connectivity index (χ0n) is 34.2. The fraction of sp³-hybridized carbons (Fsp3) is 0.174. The fourth-order valence-corrected chi connectivity index (χ4v) is 7.22. The Morgan fingerprint density at radius 2 is 1.00 bits per heavy atom. The normalized spacial score (nSPS) is 11.2. The van der Waals surface area contributed by atoms with Gasteiger partial charge in [0.05, 0.1) is 15.4 Å². The third-order valence-electron chi connectivity index (χ3n) is 9.39. The quantitative estimate of drug-likeness (QED) is 0.0717. The summed E-state index contributed by atoms with van der Waals surface area (Å²) in [5.41, 5.74) is 12.5. The SMILES string of the molecule is CCC[n+]1cccc2ccc(NC(=O)c3ccc(C(=O)Nc4ccc5ccc[n+](CCC)c5c4)c(N)c3)cc21.Cc1ccc(S(=O)(=O)[O-])cc1.Cc1ccc(S(=O)(=O)[O-])cc1. The molecule has 0 unspecified atom stereocenters. The first kappa shape index (κ1) is 45.6. The molecule has 0 fully saturated rings. The molecular weight excluding hydrogens is 815 g/mol. The summed E-state index contributed by atoms with van der Waals surface area (Å²) in [6, 6.07) is 36.2. The number of aromatic nitrogens is 2. The van der Waals surface area contributed by atoms with Crippen LogP contribution in [0.4, 0.5) is 17.1 Å². The van der Waals surface area contributed by atoms with E-state index in [4.69, 9.17) is 5.73 Å². The van der Waals surface area contributed by atoms with Gasteiger partial charge in [-0.25, -0.2) is 16.8 Å². The van der Waals surface area contributed by atoms with Crippen LogP contribution >= 0.6 is 0 Å². The average Bonchev–Trinajstić information content (AvgIpc) is 3.21. The summed E-state index contributed by atoms with van der Waals surface area (Å²) in [4.78, 5) is 25.7. The van der Waals surface area contributed by atoms with Gasteiger partial charge in [-0.2, -0.15) is 9.13 Å². The summed E-state index contributed by atoms with van der Waals surface area (Å²) in [5, 5.41) is 8.11. The van der Waals surface area contributed by atoms with Crippen molar-refractivity contribution in [2.75, 3.05) is 16.4 Å². The predicted molar refractivity (Wildman–Crippen MR) is 234 cm³/mol. The highest BCUT2D eigenvalue weighted by molar-refractivity contribution is 7.86. The highest BCUT2D eigenvalue weighted by Crippen LogP contribution is 2.22. The number of aryl methyl sites for hydroxylation is 4. The average molecular weight is 862 g/mol. The van der Waals surface area contributed by atoms with Crippen molar-refractivity contribution in [1.29, 1.82) is 0 Å². The number of benzene rings is 5. The highest BCUT2D eigenvalue weighted by atomic mass is 32.2. The Kier molecular flexibility index (Phi) is 15.1. The number of amides is 2. The predicted octanol–water partition coefficient (Wildman–Crippen LogP) is 7.27. The number of pyridine rings is 2. The van der Waals surface area contributed by atoms with Gasteiger partial charge >= 0.3 is 0 Å². The maximum Gasteiger partial charge on any atom is 0.257 e.